The van der Waals surface area contributed by atoms with E-state index in [1.165, 1.54) is 0 Å². The van der Waals surface area contributed by atoms with Crippen LogP contribution >= 0.6 is 0 Å². The van der Waals surface area contributed by atoms with Crippen LogP contribution in [0.3, 0.4) is 0 Å². The molecule has 2 N–H and O–H groups in total. The minimum atomic E-state index is -0.468. The average Bonchev–Trinajstić information content (AvgIpc) is 2.66. The Balaban J connectivity index is 1.56. The molecule has 2 heterocycles. The van der Waals surface area contributed by atoms with Crippen LogP contribution in [-0.2, 0) is 14.2 Å². The molecule has 3 aliphatic rings. The van der Waals surface area contributed by atoms with Gasteiger partial charge in [0, 0.05) is 12.5 Å². The minimum absolute atomic E-state index is 0.0953. The second-order valence-corrected chi connectivity index (χ2v) is 6.89. The highest BCUT2D eigenvalue weighted by atomic mass is 16.6. The third kappa shape index (κ3) is 2.77. The molecule has 0 aromatic heterocycles. The number of rotatable bonds is 3. The number of carbonyl (C=O) groups is 1. The second-order valence-electron chi connectivity index (χ2n) is 6.89. The lowest BCUT2D eigenvalue weighted by atomic mass is 9.71. The van der Waals surface area contributed by atoms with Gasteiger partial charge in [-0.15, -0.1) is 0 Å². The molecule has 0 spiro atoms. The summed E-state index contributed by atoms with van der Waals surface area (Å²) in [6, 6.07) is 0.648. The van der Waals surface area contributed by atoms with E-state index in [0.29, 0.717) is 12.0 Å². The summed E-state index contributed by atoms with van der Waals surface area (Å²) in [7, 11) is 0. The fourth-order valence-electron chi connectivity index (χ4n) is 3.15. The van der Waals surface area contributed by atoms with Crippen LogP contribution in [0.4, 0.5) is 4.79 Å². The molecule has 4 unspecified atom stereocenters. The highest BCUT2D eigenvalue weighted by Crippen LogP contribution is 2.39. The first kappa shape index (κ1) is 14.1. The van der Waals surface area contributed by atoms with Gasteiger partial charge in [0.1, 0.15) is 5.60 Å². The van der Waals surface area contributed by atoms with Crippen LogP contribution in [0.1, 0.15) is 27.2 Å². The van der Waals surface area contributed by atoms with Crippen molar-refractivity contribution >= 4 is 6.09 Å². The average molecular weight is 284 g/mol. The Morgan fingerprint density at radius 2 is 2.00 bits per heavy atom. The lowest BCUT2D eigenvalue weighted by molar-refractivity contribution is -0.0691. The Morgan fingerprint density at radius 1 is 1.25 bits per heavy atom. The number of alkyl carbamates (subject to hydrolysis) is 1. The van der Waals surface area contributed by atoms with Gasteiger partial charge in [-0.2, -0.15) is 0 Å². The predicted molar refractivity (Wildman–Crippen MR) is 72.5 cm³/mol. The molecule has 3 rings (SSSR count). The van der Waals surface area contributed by atoms with Crippen LogP contribution in [0.2, 0.25) is 0 Å². The van der Waals surface area contributed by atoms with Crippen LogP contribution < -0.4 is 10.6 Å². The zero-order valence-corrected chi connectivity index (χ0v) is 12.3. The lowest BCUT2D eigenvalue weighted by Crippen LogP contribution is -2.73. The number of amides is 1. The van der Waals surface area contributed by atoms with Crippen molar-refractivity contribution in [3.8, 4) is 0 Å². The molecule has 2 aliphatic heterocycles. The summed E-state index contributed by atoms with van der Waals surface area (Å²) in [6.45, 7) is 7.88. The van der Waals surface area contributed by atoms with Crippen LogP contribution in [0, 0.1) is 5.92 Å². The Kier molecular flexibility index (Phi) is 3.64. The molecule has 0 bridgehead atoms. The summed E-state index contributed by atoms with van der Waals surface area (Å²) in [5.41, 5.74) is -0.468. The van der Waals surface area contributed by atoms with E-state index < -0.39 is 5.60 Å². The zero-order valence-electron chi connectivity index (χ0n) is 12.3. The van der Waals surface area contributed by atoms with Gasteiger partial charge in [-0.3, -0.25) is 0 Å². The Bertz CT molecular complexity index is 378. The molecule has 6 heteroatoms. The van der Waals surface area contributed by atoms with Crippen molar-refractivity contribution in [2.24, 2.45) is 5.92 Å². The normalized spacial score (nSPS) is 36.8. The number of fused-ring (bicyclic) bond motifs is 1. The molecule has 6 nitrogen and oxygen atoms in total. The van der Waals surface area contributed by atoms with E-state index in [-0.39, 0.29) is 24.3 Å². The first-order valence-electron chi connectivity index (χ1n) is 7.39. The monoisotopic (exact) mass is 284 g/mol. The maximum Gasteiger partial charge on any atom is 0.407 e. The van der Waals surface area contributed by atoms with Crippen LogP contribution in [-0.4, -0.2) is 55.7 Å². The lowest BCUT2D eigenvalue weighted by Gasteiger charge is -2.50. The van der Waals surface area contributed by atoms with E-state index >= 15 is 0 Å². The third-order valence-electron chi connectivity index (χ3n) is 4.14. The van der Waals surface area contributed by atoms with Gasteiger partial charge in [0.25, 0.3) is 0 Å². The first-order valence-corrected chi connectivity index (χ1v) is 7.39. The van der Waals surface area contributed by atoms with Crippen molar-refractivity contribution in [2.75, 3.05) is 19.8 Å². The standard InChI is InChI=1S/C14H24N2O4/c1-14(2,3)20-13(17)16-10-9-4-5-19-12(9)11(10)15-8-6-18-7-8/h8-12,15H,4-7H2,1-3H3,(H,16,17). The molecule has 4 atom stereocenters. The van der Waals surface area contributed by atoms with E-state index in [4.69, 9.17) is 14.2 Å². The predicted octanol–water partition coefficient (Wildman–Crippen LogP) is 0.655. The number of ether oxygens (including phenoxy) is 3. The maximum absolute atomic E-state index is 11.9. The minimum Gasteiger partial charge on any atom is -0.444 e. The van der Waals surface area contributed by atoms with E-state index in [9.17, 15) is 4.79 Å². The number of nitrogens with one attached hydrogen (secondary N) is 2. The smallest absolute Gasteiger partial charge is 0.407 e. The first-order chi connectivity index (χ1) is 9.44. The number of hydrogen-bond donors (Lipinski definition) is 2. The molecular formula is C14H24N2O4. The third-order valence-corrected chi connectivity index (χ3v) is 4.14. The van der Waals surface area contributed by atoms with E-state index in [1.807, 2.05) is 20.8 Å². The highest BCUT2D eigenvalue weighted by Gasteiger charge is 2.55. The number of carbonyl (C=O) groups excluding carboxylic acids is 1. The summed E-state index contributed by atoms with van der Waals surface area (Å²) in [4.78, 5) is 11.9. The summed E-state index contributed by atoms with van der Waals surface area (Å²) < 4.78 is 16.3. The molecule has 1 amide bonds. The fourth-order valence-corrected chi connectivity index (χ4v) is 3.15. The molecule has 1 saturated carbocycles. The van der Waals surface area contributed by atoms with Gasteiger partial charge >= 0.3 is 6.09 Å². The second kappa shape index (κ2) is 5.16. The van der Waals surface area contributed by atoms with Crippen molar-refractivity contribution in [1.82, 2.24) is 10.6 Å². The fraction of sp³-hybridized carbons (Fsp3) is 0.929. The zero-order chi connectivity index (χ0) is 14.3. The van der Waals surface area contributed by atoms with Gasteiger partial charge in [-0.25, -0.2) is 4.79 Å². The molecule has 0 aromatic carbocycles. The summed E-state index contributed by atoms with van der Waals surface area (Å²) in [5, 5.41) is 6.53. The molecule has 3 fully saturated rings. The van der Waals surface area contributed by atoms with Gasteiger partial charge in [0.2, 0.25) is 0 Å². The van der Waals surface area contributed by atoms with Gasteiger partial charge in [0.15, 0.2) is 0 Å². The molecule has 1 aliphatic carbocycles. The quantitative estimate of drug-likeness (QED) is 0.796. The largest absolute Gasteiger partial charge is 0.444 e. The molecule has 0 radical (unpaired) electrons. The van der Waals surface area contributed by atoms with E-state index in [2.05, 4.69) is 10.6 Å². The van der Waals surface area contributed by atoms with E-state index in [1.54, 1.807) is 0 Å². The van der Waals surface area contributed by atoms with Gasteiger partial charge in [0.05, 0.1) is 37.4 Å². The molecule has 114 valence electrons. The van der Waals surface area contributed by atoms with Crippen LogP contribution in [0.15, 0.2) is 0 Å². The van der Waals surface area contributed by atoms with Gasteiger partial charge < -0.3 is 24.8 Å². The molecule has 2 saturated heterocycles. The topological polar surface area (TPSA) is 68.8 Å². The molecular weight excluding hydrogens is 260 g/mol. The Morgan fingerprint density at radius 3 is 2.60 bits per heavy atom. The van der Waals surface area contributed by atoms with Crippen molar-refractivity contribution in [3.63, 3.8) is 0 Å². The summed E-state index contributed by atoms with van der Waals surface area (Å²) in [5.74, 6) is 0.404. The van der Waals surface area contributed by atoms with Gasteiger partial charge in [-0.1, -0.05) is 0 Å². The van der Waals surface area contributed by atoms with E-state index in [0.717, 1.165) is 26.2 Å². The molecule has 0 aromatic rings. The van der Waals surface area contributed by atoms with Crippen LogP contribution in [0.5, 0.6) is 0 Å². The summed E-state index contributed by atoms with van der Waals surface area (Å²) >= 11 is 0. The highest BCUT2D eigenvalue weighted by molar-refractivity contribution is 5.68. The van der Waals surface area contributed by atoms with Crippen molar-refractivity contribution in [1.29, 1.82) is 0 Å². The molecule has 20 heavy (non-hydrogen) atoms. The Hall–Kier alpha value is -0.850. The summed E-state index contributed by atoms with van der Waals surface area (Å²) in [6.07, 6.45) is 0.879. The van der Waals surface area contributed by atoms with Crippen molar-refractivity contribution < 1.29 is 19.0 Å². The van der Waals surface area contributed by atoms with Crippen LogP contribution in [0.25, 0.3) is 0 Å². The van der Waals surface area contributed by atoms with Gasteiger partial charge in [-0.05, 0) is 27.2 Å². The van der Waals surface area contributed by atoms with Crippen molar-refractivity contribution in [3.05, 3.63) is 0 Å². The van der Waals surface area contributed by atoms with Crippen molar-refractivity contribution in [2.45, 2.75) is 57.0 Å². The Labute approximate surface area is 119 Å². The number of hydrogen-bond acceptors (Lipinski definition) is 5. The maximum atomic E-state index is 11.9. The SMILES string of the molecule is CC(C)(C)OC(=O)NC1C2CCOC2C1NC1COC1.